The molecule has 0 bridgehead atoms. The Morgan fingerprint density at radius 2 is 1.69 bits per heavy atom. The molecule has 2 N–H and O–H groups in total. The number of aryl methyl sites for hydroxylation is 1. The molecule has 0 radical (unpaired) electrons. The van der Waals surface area contributed by atoms with Gasteiger partial charge in [0.25, 0.3) is 0 Å². The fraction of sp³-hybridized carbons (Fsp3) is 0.192. The monoisotopic (exact) mass is 445 g/mol. The van der Waals surface area contributed by atoms with Gasteiger partial charge in [0.1, 0.15) is 0 Å². The number of rotatable bonds is 7. The Kier molecular flexibility index (Phi) is 7.64. The fourth-order valence-corrected chi connectivity index (χ4v) is 3.79. The second-order valence-corrected chi connectivity index (χ2v) is 8.03. The first kappa shape index (κ1) is 23.1. The molecular weight excluding hydrogens is 422 g/mol. The summed E-state index contributed by atoms with van der Waals surface area (Å²) in [5, 5.41) is 15.7. The summed E-state index contributed by atoms with van der Waals surface area (Å²) in [5.41, 5.74) is 4.01. The minimum Gasteiger partial charge on any atom is -0.349 e. The van der Waals surface area contributed by atoms with Crippen molar-refractivity contribution in [3.8, 4) is 6.07 Å². The average molecular weight is 446 g/mol. The Bertz CT molecular complexity index is 1140. The van der Waals surface area contributed by atoms with Gasteiger partial charge in [-0.1, -0.05) is 77.8 Å². The van der Waals surface area contributed by atoms with Crippen molar-refractivity contribution in [3.63, 3.8) is 0 Å². The third-order valence-electron chi connectivity index (χ3n) is 5.10. The average Bonchev–Trinajstić information content (AvgIpc) is 2.76. The number of carbonyl (C=O) groups excluding carboxylic acids is 2. The van der Waals surface area contributed by atoms with E-state index in [9.17, 15) is 14.9 Å². The van der Waals surface area contributed by atoms with Gasteiger partial charge in [0, 0.05) is 17.6 Å². The van der Waals surface area contributed by atoms with Crippen LogP contribution in [0.15, 0.2) is 72.8 Å². The number of nitrogens with zero attached hydrogens (tertiary/aromatic N) is 1. The van der Waals surface area contributed by atoms with Gasteiger partial charge in [0.15, 0.2) is 0 Å². The summed E-state index contributed by atoms with van der Waals surface area (Å²) in [6.45, 7) is 3.40. The van der Waals surface area contributed by atoms with Gasteiger partial charge in [-0.05, 0) is 35.7 Å². The lowest BCUT2D eigenvalue weighted by Crippen LogP contribution is -2.29. The minimum absolute atomic E-state index is 0.0762. The number of hydrogen-bond acceptors (Lipinski definition) is 3. The molecule has 3 rings (SSSR count). The second-order valence-electron chi connectivity index (χ2n) is 7.63. The SMILES string of the molecule is CC(=O)NC(CC(=O)Nc1ccc(C(C#N)c2ccccc2)c(Cl)c1)c1ccc(C)cc1. The summed E-state index contributed by atoms with van der Waals surface area (Å²) in [5.74, 6) is -0.966. The molecule has 0 aromatic heterocycles. The quantitative estimate of drug-likeness (QED) is 0.503. The number of carbonyl (C=O) groups is 2. The van der Waals surface area contributed by atoms with Crippen LogP contribution in [0.4, 0.5) is 5.69 Å². The van der Waals surface area contributed by atoms with Crippen LogP contribution in [0.3, 0.4) is 0 Å². The Morgan fingerprint density at radius 1 is 1.00 bits per heavy atom. The van der Waals surface area contributed by atoms with E-state index in [1.165, 1.54) is 6.92 Å². The zero-order valence-electron chi connectivity index (χ0n) is 17.9. The van der Waals surface area contributed by atoms with E-state index in [0.717, 1.165) is 16.7 Å². The van der Waals surface area contributed by atoms with Gasteiger partial charge in [0.2, 0.25) is 11.8 Å². The first-order valence-electron chi connectivity index (χ1n) is 10.2. The maximum Gasteiger partial charge on any atom is 0.226 e. The van der Waals surface area contributed by atoms with Gasteiger partial charge in [-0.2, -0.15) is 5.26 Å². The van der Waals surface area contributed by atoms with Crippen LogP contribution in [0.25, 0.3) is 0 Å². The van der Waals surface area contributed by atoms with Crippen LogP contribution in [0.5, 0.6) is 0 Å². The molecule has 2 unspecified atom stereocenters. The molecular formula is C26H24ClN3O2. The van der Waals surface area contributed by atoms with Gasteiger partial charge < -0.3 is 10.6 Å². The number of benzene rings is 3. The highest BCUT2D eigenvalue weighted by molar-refractivity contribution is 6.31. The molecule has 6 heteroatoms. The van der Waals surface area contributed by atoms with Gasteiger partial charge in [-0.3, -0.25) is 9.59 Å². The fourth-order valence-electron chi connectivity index (χ4n) is 3.50. The topological polar surface area (TPSA) is 82.0 Å². The van der Waals surface area contributed by atoms with E-state index in [1.54, 1.807) is 18.2 Å². The second kappa shape index (κ2) is 10.6. The first-order valence-corrected chi connectivity index (χ1v) is 10.6. The highest BCUT2D eigenvalue weighted by atomic mass is 35.5. The van der Waals surface area contributed by atoms with E-state index >= 15 is 0 Å². The van der Waals surface area contributed by atoms with Crippen molar-refractivity contribution >= 4 is 29.1 Å². The van der Waals surface area contributed by atoms with Crippen molar-refractivity contribution in [1.29, 1.82) is 5.26 Å². The van der Waals surface area contributed by atoms with Crippen LogP contribution in [-0.2, 0) is 9.59 Å². The van der Waals surface area contributed by atoms with Crippen molar-refractivity contribution in [3.05, 3.63) is 100 Å². The summed E-state index contributed by atoms with van der Waals surface area (Å²) in [7, 11) is 0. The molecule has 0 saturated carbocycles. The van der Waals surface area contributed by atoms with Crippen molar-refractivity contribution in [2.24, 2.45) is 0 Å². The van der Waals surface area contributed by atoms with Gasteiger partial charge >= 0.3 is 0 Å². The Hall–Kier alpha value is -3.62. The molecule has 0 saturated heterocycles. The smallest absolute Gasteiger partial charge is 0.226 e. The molecule has 2 atom stereocenters. The lowest BCUT2D eigenvalue weighted by atomic mass is 9.92. The Labute approximate surface area is 193 Å². The number of halogens is 1. The molecule has 2 amide bonds. The van der Waals surface area contributed by atoms with E-state index in [4.69, 9.17) is 11.6 Å². The van der Waals surface area contributed by atoms with Crippen LogP contribution in [0, 0.1) is 18.3 Å². The largest absolute Gasteiger partial charge is 0.349 e. The van der Waals surface area contributed by atoms with Crippen LogP contribution in [0.2, 0.25) is 5.02 Å². The maximum absolute atomic E-state index is 12.7. The summed E-state index contributed by atoms with van der Waals surface area (Å²) in [4.78, 5) is 24.3. The minimum atomic E-state index is -0.501. The summed E-state index contributed by atoms with van der Waals surface area (Å²) in [6, 6.07) is 24.1. The normalized spacial score (nSPS) is 12.3. The van der Waals surface area contributed by atoms with E-state index in [2.05, 4.69) is 16.7 Å². The molecule has 0 aliphatic rings. The van der Waals surface area contributed by atoms with Gasteiger partial charge in [0.05, 0.1) is 24.4 Å². The highest BCUT2D eigenvalue weighted by Gasteiger charge is 2.19. The number of nitriles is 1. The number of amides is 2. The van der Waals surface area contributed by atoms with E-state index in [1.807, 2.05) is 61.5 Å². The summed E-state index contributed by atoms with van der Waals surface area (Å²) >= 11 is 6.46. The lowest BCUT2D eigenvalue weighted by molar-refractivity contribution is -0.120. The molecule has 32 heavy (non-hydrogen) atoms. The van der Waals surface area contributed by atoms with E-state index in [-0.39, 0.29) is 18.2 Å². The predicted molar refractivity (Wildman–Crippen MR) is 126 cm³/mol. The maximum atomic E-state index is 12.7. The van der Waals surface area contributed by atoms with Gasteiger partial charge in [-0.15, -0.1) is 0 Å². The molecule has 3 aromatic rings. The third kappa shape index (κ3) is 5.96. The van der Waals surface area contributed by atoms with Gasteiger partial charge in [-0.25, -0.2) is 0 Å². The molecule has 0 aliphatic carbocycles. The van der Waals surface area contributed by atoms with Crippen molar-refractivity contribution in [2.75, 3.05) is 5.32 Å². The van der Waals surface area contributed by atoms with Crippen molar-refractivity contribution in [2.45, 2.75) is 32.2 Å². The van der Waals surface area contributed by atoms with Crippen molar-refractivity contribution in [1.82, 2.24) is 5.32 Å². The van der Waals surface area contributed by atoms with Crippen molar-refractivity contribution < 1.29 is 9.59 Å². The summed E-state index contributed by atoms with van der Waals surface area (Å²) in [6.07, 6.45) is 0.0762. The molecule has 5 nitrogen and oxygen atoms in total. The molecule has 0 spiro atoms. The Morgan fingerprint density at radius 3 is 2.28 bits per heavy atom. The van der Waals surface area contributed by atoms with Crippen LogP contribution < -0.4 is 10.6 Å². The molecule has 162 valence electrons. The predicted octanol–water partition coefficient (Wildman–Crippen LogP) is 5.51. The highest BCUT2D eigenvalue weighted by Crippen LogP contribution is 2.32. The van der Waals surface area contributed by atoms with E-state index in [0.29, 0.717) is 16.3 Å². The summed E-state index contributed by atoms with van der Waals surface area (Å²) < 4.78 is 0. The lowest BCUT2D eigenvalue weighted by Gasteiger charge is -2.19. The molecule has 0 heterocycles. The molecule has 0 fully saturated rings. The molecule has 0 aliphatic heterocycles. The van der Waals surface area contributed by atoms with Crippen LogP contribution in [-0.4, -0.2) is 11.8 Å². The zero-order valence-corrected chi connectivity index (χ0v) is 18.7. The standard InChI is InChI=1S/C26H24ClN3O2/c1-17-8-10-20(11-9-17)25(29-18(2)31)15-26(32)30-21-12-13-22(24(27)14-21)23(16-28)19-6-4-3-5-7-19/h3-14,23,25H,15H2,1-2H3,(H,29,31)(H,30,32). The molecule has 3 aromatic carbocycles. The van der Waals surface area contributed by atoms with Crippen LogP contribution in [0.1, 0.15) is 47.6 Å². The zero-order chi connectivity index (χ0) is 23.1. The number of hydrogen-bond donors (Lipinski definition) is 2. The van der Waals surface area contributed by atoms with E-state index < -0.39 is 12.0 Å². The number of nitrogens with one attached hydrogen (secondary N) is 2. The third-order valence-corrected chi connectivity index (χ3v) is 5.43. The first-order chi connectivity index (χ1) is 15.4. The Balaban J connectivity index is 1.74. The number of anilines is 1. The van der Waals surface area contributed by atoms with Crippen LogP contribution >= 0.6 is 11.6 Å².